The highest BCUT2D eigenvalue weighted by molar-refractivity contribution is 5.56. The quantitative estimate of drug-likeness (QED) is 0.680. The van der Waals surface area contributed by atoms with Crippen molar-refractivity contribution in [1.82, 2.24) is 0 Å². The van der Waals surface area contributed by atoms with Crippen molar-refractivity contribution in [3.05, 3.63) is 46.9 Å². The van der Waals surface area contributed by atoms with Crippen molar-refractivity contribution in [1.29, 1.82) is 0 Å². The Labute approximate surface area is 86.3 Å². The number of rotatable bonds is 3. The first-order valence-electron chi connectivity index (χ1n) is 5.19. The minimum Gasteiger partial charge on any atom is -0.0911 e. The highest BCUT2D eigenvalue weighted by atomic mass is 14.0. The summed E-state index contributed by atoms with van der Waals surface area (Å²) >= 11 is 0. The Morgan fingerprint density at radius 1 is 1.36 bits per heavy atom. The van der Waals surface area contributed by atoms with Crippen LogP contribution in [0.4, 0.5) is 0 Å². The molecular weight excluding hydrogens is 168 g/mol. The van der Waals surface area contributed by atoms with Crippen molar-refractivity contribution >= 4 is 12.2 Å². The molecule has 1 aromatic carbocycles. The lowest BCUT2D eigenvalue weighted by atomic mass is 10.1. The molecule has 0 atom stereocenters. The van der Waals surface area contributed by atoms with Gasteiger partial charge in [0.05, 0.1) is 0 Å². The predicted octanol–water partition coefficient (Wildman–Crippen LogP) is 2.62. The van der Waals surface area contributed by atoms with Crippen LogP contribution in [0.3, 0.4) is 0 Å². The standard InChI is InChI=1S/C14H18/c1-4-8-13(9-5-2)14-11-7-6-10-12(14)3/h4,6-8,10-11H,3,5,9H2,1-2H3/b8-4-,14-13+. The molecule has 0 saturated carbocycles. The van der Waals surface area contributed by atoms with Crippen molar-refractivity contribution in [3.63, 3.8) is 0 Å². The van der Waals surface area contributed by atoms with Crippen molar-refractivity contribution < 1.29 is 0 Å². The third kappa shape index (κ3) is 2.59. The fourth-order valence-corrected chi connectivity index (χ4v) is 1.61. The molecule has 0 heterocycles. The average molecular weight is 186 g/mol. The van der Waals surface area contributed by atoms with Crippen molar-refractivity contribution in [2.45, 2.75) is 26.7 Å². The zero-order valence-corrected chi connectivity index (χ0v) is 9.09. The van der Waals surface area contributed by atoms with Gasteiger partial charge < -0.3 is 0 Å². The molecule has 0 radical (unpaired) electrons. The maximum atomic E-state index is 4.05. The van der Waals surface area contributed by atoms with Gasteiger partial charge in [0.2, 0.25) is 0 Å². The summed E-state index contributed by atoms with van der Waals surface area (Å²) in [5, 5.41) is 2.40. The van der Waals surface area contributed by atoms with E-state index in [-0.39, 0.29) is 0 Å². The smallest absolute Gasteiger partial charge is 0.0158 e. The molecule has 0 N–H and O–H groups in total. The van der Waals surface area contributed by atoms with Crippen LogP contribution in [0.2, 0.25) is 0 Å². The lowest BCUT2D eigenvalue weighted by molar-refractivity contribution is 0.972. The van der Waals surface area contributed by atoms with Crippen LogP contribution in [0.5, 0.6) is 0 Å². The lowest BCUT2D eigenvalue weighted by Crippen LogP contribution is -2.24. The van der Waals surface area contributed by atoms with Crippen LogP contribution in [0.1, 0.15) is 26.7 Å². The first kappa shape index (κ1) is 10.8. The molecule has 0 amide bonds. The molecule has 0 aliphatic heterocycles. The maximum absolute atomic E-state index is 4.05. The molecule has 1 rings (SSSR count). The molecular formula is C14H18. The summed E-state index contributed by atoms with van der Waals surface area (Å²) in [5.74, 6) is 0. The summed E-state index contributed by atoms with van der Waals surface area (Å²) in [4.78, 5) is 0. The van der Waals surface area contributed by atoms with Gasteiger partial charge in [-0.15, -0.1) is 0 Å². The van der Waals surface area contributed by atoms with E-state index in [2.05, 4.69) is 50.8 Å². The van der Waals surface area contributed by atoms with E-state index in [9.17, 15) is 0 Å². The van der Waals surface area contributed by atoms with Crippen LogP contribution in [0.15, 0.2) is 36.4 Å². The minimum absolute atomic E-state index is 1.12. The normalized spacial score (nSPS) is 13.3. The molecule has 0 heteroatoms. The van der Waals surface area contributed by atoms with Crippen molar-refractivity contribution in [2.75, 3.05) is 0 Å². The Hall–Kier alpha value is -1.30. The second-order valence-corrected chi connectivity index (χ2v) is 3.43. The summed E-state index contributed by atoms with van der Waals surface area (Å²) < 4.78 is 0. The van der Waals surface area contributed by atoms with Gasteiger partial charge >= 0.3 is 0 Å². The van der Waals surface area contributed by atoms with Crippen LogP contribution in [0.25, 0.3) is 12.2 Å². The van der Waals surface area contributed by atoms with E-state index in [1.807, 2.05) is 6.07 Å². The fraction of sp³-hybridized carbons (Fsp3) is 0.286. The molecule has 0 aliphatic carbocycles. The molecule has 1 aromatic rings. The molecule has 74 valence electrons. The van der Waals surface area contributed by atoms with Crippen LogP contribution in [-0.4, -0.2) is 0 Å². The van der Waals surface area contributed by atoms with E-state index in [0.29, 0.717) is 0 Å². The van der Waals surface area contributed by atoms with Crippen LogP contribution < -0.4 is 10.4 Å². The Balaban J connectivity index is 3.36. The topological polar surface area (TPSA) is 0 Å². The zero-order valence-electron chi connectivity index (χ0n) is 9.09. The molecule has 0 saturated heterocycles. The molecule has 0 fully saturated rings. The third-order valence-corrected chi connectivity index (χ3v) is 2.25. The number of hydrogen-bond acceptors (Lipinski definition) is 0. The summed E-state index contributed by atoms with van der Waals surface area (Å²) in [7, 11) is 0. The molecule has 0 spiro atoms. The number of hydrogen-bond donors (Lipinski definition) is 0. The predicted molar refractivity (Wildman–Crippen MR) is 64.3 cm³/mol. The van der Waals surface area contributed by atoms with E-state index < -0.39 is 0 Å². The average Bonchev–Trinajstić information content (AvgIpc) is 2.18. The first-order valence-corrected chi connectivity index (χ1v) is 5.19. The molecule has 14 heavy (non-hydrogen) atoms. The molecule has 0 nitrogen and oxygen atoms in total. The highest BCUT2D eigenvalue weighted by Gasteiger charge is 1.92. The lowest BCUT2D eigenvalue weighted by Gasteiger charge is -1.99. The SMILES string of the molecule is C=c1cccc/c1=C(/C=C\C)CCC. The molecule has 0 aromatic heterocycles. The Bertz CT molecular complexity index is 410. The monoisotopic (exact) mass is 186 g/mol. The van der Waals surface area contributed by atoms with Gasteiger partial charge in [-0.1, -0.05) is 56.3 Å². The maximum Gasteiger partial charge on any atom is -0.0158 e. The van der Waals surface area contributed by atoms with E-state index in [4.69, 9.17) is 0 Å². The van der Waals surface area contributed by atoms with Gasteiger partial charge in [-0.05, 0) is 29.4 Å². The van der Waals surface area contributed by atoms with E-state index in [0.717, 1.165) is 11.6 Å². The van der Waals surface area contributed by atoms with E-state index in [1.54, 1.807) is 0 Å². The largest absolute Gasteiger partial charge is 0.0911 e. The van der Waals surface area contributed by atoms with Gasteiger partial charge in [0, 0.05) is 0 Å². The fourth-order valence-electron chi connectivity index (χ4n) is 1.61. The molecule has 0 bridgehead atoms. The summed E-state index contributed by atoms with van der Waals surface area (Å²) in [6, 6.07) is 8.32. The van der Waals surface area contributed by atoms with E-state index >= 15 is 0 Å². The van der Waals surface area contributed by atoms with E-state index in [1.165, 1.54) is 17.2 Å². The second-order valence-electron chi connectivity index (χ2n) is 3.43. The van der Waals surface area contributed by atoms with Gasteiger partial charge in [0.25, 0.3) is 0 Å². The van der Waals surface area contributed by atoms with Gasteiger partial charge in [0.1, 0.15) is 0 Å². The Morgan fingerprint density at radius 3 is 2.64 bits per heavy atom. The minimum atomic E-state index is 1.12. The third-order valence-electron chi connectivity index (χ3n) is 2.25. The van der Waals surface area contributed by atoms with Crippen LogP contribution in [-0.2, 0) is 0 Å². The highest BCUT2D eigenvalue weighted by Crippen LogP contribution is 2.04. The summed E-state index contributed by atoms with van der Waals surface area (Å²) in [6.45, 7) is 8.31. The van der Waals surface area contributed by atoms with Crippen molar-refractivity contribution in [3.8, 4) is 0 Å². The van der Waals surface area contributed by atoms with Crippen LogP contribution >= 0.6 is 0 Å². The Kier molecular flexibility index (Phi) is 4.18. The van der Waals surface area contributed by atoms with Gasteiger partial charge in [-0.2, -0.15) is 0 Å². The van der Waals surface area contributed by atoms with Crippen LogP contribution in [0, 0.1) is 0 Å². The van der Waals surface area contributed by atoms with Crippen molar-refractivity contribution in [2.24, 2.45) is 0 Å². The molecule has 0 unspecified atom stereocenters. The summed E-state index contributed by atoms with van der Waals surface area (Å²) in [5.41, 5.74) is 1.39. The Morgan fingerprint density at radius 2 is 2.07 bits per heavy atom. The number of benzene rings is 1. The van der Waals surface area contributed by atoms with Gasteiger partial charge in [-0.3, -0.25) is 0 Å². The first-order chi connectivity index (χ1) is 6.79. The second kappa shape index (κ2) is 5.43. The number of allylic oxidation sites excluding steroid dienone is 2. The summed E-state index contributed by atoms with van der Waals surface area (Å²) in [6.07, 6.45) is 6.58. The van der Waals surface area contributed by atoms with Gasteiger partial charge in [0.15, 0.2) is 0 Å². The van der Waals surface area contributed by atoms with Gasteiger partial charge in [-0.25, -0.2) is 0 Å². The molecule has 0 aliphatic rings. The zero-order chi connectivity index (χ0) is 10.4.